The number of carboxylic acids is 1. The Morgan fingerprint density at radius 2 is 0.952 bits per heavy atom. The number of nitrogens with zero attached hydrogens (tertiary/aromatic N) is 2. The average molecular weight is 1690 g/mol. The third kappa shape index (κ3) is 21.9. The molecule has 0 amide bonds. The first-order valence-corrected chi connectivity index (χ1v) is 38.1. The number of rotatable bonds is 7. The number of aryl methyl sites for hydroxylation is 8. The Balaban J connectivity index is 0.000000180. The van der Waals surface area contributed by atoms with E-state index in [2.05, 4.69) is 319 Å². The smallest absolute Gasteiger partial charge is 0.870 e. The third-order valence-corrected chi connectivity index (χ3v) is 21.3. The molecular formula is C93H102BrCsIN5O4. The monoisotopic (exact) mass is 1690 g/mol. The van der Waals surface area contributed by atoms with Gasteiger partial charge < -0.3 is 40.9 Å². The zero-order valence-corrected chi connectivity index (χ0v) is 73.1. The molecule has 1 saturated carbocycles. The quantitative estimate of drug-likeness (QED) is 0.0410. The number of allylic oxidation sites excluding steroid dienone is 4. The number of carboxylic acid groups (broad SMARTS) is 1. The molecule has 0 spiro atoms. The second kappa shape index (κ2) is 41.7. The largest absolute Gasteiger partial charge is 1.00 e. The number of aromatic carboxylic acids is 1. The maximum absolute atomic E-state index is 11.4. The summed E-state index contributed by atoms with van der Waals surface area (Å²) in [4.78, 5) is 19.0. The Kier molecular flexibility index (Phi) is 33.7. The van der Waals surface area contributed by atoms with Gasteiger partial charge in [0.05, 0.1) is 23.0 Å². The van der Waals surface area contributed by atoms with E-state index in [4.69, 9.17) is 5.73 Å². The number of halogens is 2. The summed E-state index contributed by atoms with van der Waals surface area (Å²) in [5.74, 6) is 4.49. The van der Waals surface area contributed by atoms with Gasteiger partial charge in [0.25, 0.3) is 0 Å². The molecule has 13 aromatic rings. The van der Waals surface area contributed by atoms with Crippen molar-refractivity contribution in [2.75, 3.05) is 5.73 Å². The number of nitrogen functional groups attached to an aromatic ring is 1. The number of aromatic nitrogens is 4. The van der Waals surface area contributed by atoms with Gasteiger partial charge in [-0.05, 0) is 254 Å². The topological polar surface area (TPSA) is 166 Å². The number of nitrogens with two attached hydrogens (primary N) is 1. The van der Waals surface area contributed by atoms with Crippen LogP contribution in [0.4, 0.5) is 5.69 Å². The van der Waals surface area contributed by atoms with Crippen LogP contribution in [0, 0.1) is 70.8 Å². The summed E-state index contributed by atoms with van der Waals surface area (Å²) in [6, 6.07) is 74.9. The number of aromatic amines is 2. The van der Waals surface area contributed by atoms with Crippen LogP contribution in [0.15, 0.2) is 237 Å². The van der Waals surface area contributed by atoms with Gasteiger partial charge in [-0.2, -0.15) is 0 Å². The summed E-state index contributed by atoms with van der Waals surface area (Å²) in [5.41, 5.74) is 32.3. The molecule has 0 aliphatic heterocycles. The van der Waals surface area contributed by atoms with Crippen molar-refractivity contribution in [3.8, 4) is 56.7 Å². The molecule has 8 N–H and O–H groups in total. The first-order valence-electron chi connectivity index (χ1n) is 36.2. The minimum atomic E-state index is -0.868. The Bertz CT molecular complexity index is 5060. The molecule has 3 aliphatic carbocycles. The molecule has 9 aromatic carbocycles. The van der Waals surface area contributed by atoms with Gasteiger partial charge in [-0.3, -0.25) is 0 Å². The molecule has 105 heavy (non-hydrogen) atoms. The van der Waals surface area contributed by atoms with E-state index in [1.165, 1.54) is 193 Å². The van der Waals surface area contributed by atoms with Crippen molar-refractivity contribution in [2.24, 2.45) is 0 Å². The van der Waals surface area contributed by atoms with Crippen molar-refractivity contribution < 1.29 is 89.7 Å². The summed E-state index contributed by atoms with van der Waals surface area (Å²) >= 11 is 5.73. The van der Waals surface area contributed by atoms with Crippen LogP contribution < -0.4 is 74.6 Å². The van der Waals surface area contributed by atoms with Gasteiger partial charge in [-0.25, -0.2) is 4.79 Å². The molecule has 9 nitrogen and oxygen atoms in total. The number of hydrogen-bond donors (Lipinski definition) is 4. The van der Waals surface area contributed by atoms with E-state index in [-0.39, 0.29) is 79.8 Å². The molecule has 0 bridgehead atoms. The molecule has 2 unspecified atom stereocenters. The second-order valence-electron chi connectivity index (χ2n) is 27.2. The van der Waals surface area contributed by atoms with Crippen molar-refractivity contribution in [3.05, 3.63) is 290 Å². The fraction of sp³-hybridized carbons (Fsp3) is 0.258. The van der Waals surface area contributed by atoms with Crippen LogP contribution in [0.1, 0.15) is 152 Å². The van der Waals surface area contributed by atoms with E-state index in [1.54, 1.807) is 6.07 Å². The zero-order valence-electron chi connectivity index (χ0n) is 63.1. The third-order valence-electron chi connectivity index (χ3n) is 19.6. The normalized spacial score (nSPS) is 14.1. The Morgan fingerprint density at radius 1 is 0.495 bits per heavy atom. The standard InChI is InChI=1S/C22H23NO2.C22H23N.2C16H15N.C7H8IN.C6H9Br.C4H6.Cs.2H2O/c1-15-19-14-17(22(24)25)12-13-20(19)23(18-10-6-3-7-11-18)21(15)16-8-4-2-5-9-16;1-16-13-14-21-20(15-16)17(2)22(18-9-5-3-6-10-18)23(21)19-11-7-4-8-12-19;1-11-8-9-15-14(10-11)16(12(2)17-15)13-6-4-3-5-7-13;1-11-8-9-15-14(10-11)12(2)16(17-15)13-6-4-3-5-7-13;1-5-2-3-7(9)6(8)4-5;7-6-4-2-1-3-5-6;1-3-4-2;;;/h2,4-5,8-9,12-14,18H,3,6-7,10-11H2,1H3,(H,24,25);3,5-7,9-11,13-15,19H,4,8,12H2,1-2H3;2*3-10,17H,1-2H3;2-4H,9H2,1H3;2,4,6H,1,3,5H2;1-2H3;;2*1H2/q;;;;;;;+1;;/p-1. The van der Waals surface area contributed by atoms with E-state index in [0.29, 0.717) is 22.5 Å². The van der Waals surface area contributed by atoms with E-state index >= 15 is 0 Å². The molecule has 0 saturated heterocycles. The molecular weight excluding hydrogens is 1590 g/mol. The molecule has 538 valence electrons. The molecule has 2 atom stereocenters. The second-order valence-corrected chi connectivity index (χ2v) is 29.5. The first kappa shape index (κ1) is 84.9. The molecule has 12 heteroatoms. The number of carbonyl (C=O) groups is 1. The van der Waals surface area contributed by atoms with Crippen LogP contribution in [0.25, 0.3) is 88.5 Å². The fourth-order valence-corrected chi connectivity index (χ4v) is 15.5. The molecule has 4 aromatic heterocycles. The van der Waals surface area contributed by atoms with Gasteiger partial charge in [0.1, 0.15) is 0 Å². The molecule has 4 heterocycles. The minimum absolute atomic E-state index is 0. The number of fused-ring (bicyclic) bond motifs is 4. The summed E-state index contributed by atoms with van der Waals surface area (Å²) in [7, 11) is 0. The molecule has 16 rings (SSSR count). The summed E-state index contributed by atoms with van der Waals surface area (Å²) in [6.45, 7) is 20.9. The van der Waals surface area contributed by atoms with Gasteiger partial charge >= 0.3 is 74.9 Å². The number of alkyl halides is 1. The van der Waals surface area contributed by atoms with Crippen LogP contribution in [0.2, 0.25) is 0 Å². The summed E-state index contributed by atoms with van der Waals surface area (Å²) < 4.78 is 6.17. The van der Waals surface area contributed by atoms with Crippen LogP contribution in [0.3, 0.4) is 0 Å². The summed E-state index contributed by atoms with van der Waals surface area (Å²) in [5, 5.41) is 14.5. The average Bonchev–Trinajstić information content (AvgIpc) is 1.61. The van der Waals surface area contributed by atoms with Gasteiger partial charge in [-0.1, -0.05) is 222 Å². The van der Waals surface area contributed by atoms with E-state index < -0.39 is 5.97 Å². The van der Waals surface area contributed by atoms with Crippen molar-refractivity contribution in [2.45, 2.75) is 157 Å². The van der Waals surface area contributed by atoms with Gasteiger partial charge in [0.15, 0.2) is 0 Å². The minimum Gasteiger partial charge on any atom is -0.870 e. The van der Waals surface area contributed by atoms with E-state index in [1.807, 2.05) is 50.2 Å². The van der Waals surface area contributed by atoms with E-state index in [9.17, 15) is 9.90 Å². The Morgan fingerprint density at radius 3 is 1.45 bits per heavy atom. The van der Waals surface area contributed by atoms with Crippen LogP contribution in [0.5, 0.6) is 0 Å². The SMILES string of the molecule is BrC1C=CCCC1.CC#CC.Cc1c(-c2ccccc2)n(C2CCCCC2)c2ccc(C(=O)O)cc12.Cc1ccc(N)c(I)c1.Cc1ccc2[nH]c(-c3ccccc3)c(C)c2c1.Cc1ccc2[nH]c(C)c(-c3ccccc3)c2c1.Cc1ccc2c(c1)c(C)c(-c1ccccc1)n2C1C=CCCC1.O.[Cs+].[OH-]. The van der Waals surface area contributed by atoms with Crippen molar-refractivity contribution >= 4 is 93.8 Å². The maximum Gasteiger partial charge on any atom is 1.00 e. The first-order chi connectivity index (χ1) is 49.4. The number of hydrogen-bond acceptors (Lipinski definition) is 3. The number of H-pyrrole nitrogens is 2. The van der Waals surface area contributed by atoms with Gasteiger partial charge in [0.2, 0.25) is 0 Å². The van der Waals surface area contributed by atoms with Crippen LogP contribution >= 0.6 is 38.5 Å². The number of benzene rings is 9. The zero-order chi connectivity index (χ0) is 72.2. The Hall–Kier alpha value is -7.37. The van der Waals surface area contributed by atoms with Crippen molar-refractivity contribution in [1.29, 1.82) is 0 Å². The molecule has 3 aliphatic rings. The van der Waals surface area contributed by atoms with Crippen LogP contribution in [-0.4, -0.2) is 46.0 Å². The fourth-order valence-electron chi connectivity index (χ4n) is 14.3. The maximum atomic E-state index is 11.4. The van der Waals surface area contributed by atoms with Crippen LogP contribution in [-0.2, 0) is 0 Å². The molecule has 0 radical (unpaired) electrons. The molecule has 1 fully saturated rings. The predicted octanol–water partition coefficient (Wildman–Crippen LogP) is 22.6. The predicted molar refractivity (Wildman–Crippen MR) is 455 cm³/mol. The van der Waals surface area contributed by atoms with E-state index in [0.717, 1.165) is 20.2 Å². The van der Waals surface area contributed by atoms with Crippen molar-refractivity contribution in [3.63, 3.8) is 0 Å². The number of anilines is 1. The summed E-state index contributed by atoms with van der Waals surface area (Å²) in [6.07, 6.45) is 23.1. The number of nitrogens with one attached hydrogen (secondary N) is 2. The van der Waals surface area contributed by atoms with Gasteiger partial charge in [-0.15, -0.1) is 11.8 Å². The van der Waals surface area contributed by atoms with Gasteiger partial charge in [0, 0.05) is 80.7 Å². The Labute approximate surface area is 704 Å². The van der Waals surface area contributed by atoms with Crippen molar-refractivity contribution in [1.82, 2.24) is 19.1 Å².